The van der Waals surface area contributed by atoms with Crippen LogP contribution >= 0.6 is 0 Å². The molecule has 1 amide bonds. The number of amides is 1. The van der Waals surface area contributed by atoms with E-state index >= 15 is 0 Å². The first-order valence-corrected chi connectivity index (χ1v) is 8.17. The van der Waals surface area contributed by atoms with Crippen LogP contribution in [0.1, 0.15) is 10.5 Å². The van der Waals surface area contributed by atoms with Crippen molar-refractivity contribution >= 4 is 22.8 Å². The average molecular weight is 353 g/mol. The molecule has 0 fully saturated rings. The number of fused-ring (bicyclic) bond motifs is 1. The number of hydrogen-bond donors (Lipinski definition) is 1. The molecule has 7 nitrogen and oxygen atoms in total. The van der Waals surface area contributed by atoms with Crippen LogP contribution in [-0.4, -0.2) is 41.9 Å². The number of nitrogens with one attached hydrogen (secondary N) is 1. The number of esters is 1. The van der Waals surface area contributed by atoms with Gasteiger partial charge in [-0.25, -0.2) is 4.79 Å². The summed E-state index contributed by atoms with van der Waals surface area (Å²) in [6.45, 7) is 0.739. The maximum atomic E-state index is 12.2. The second-order valence-corrected chi connectivity index (χ2v) is 5.53. The van der Waals surface area contributed by atoms with E-state index < -0.39 is 5.97 Å². The summed E-state index contributed by atoms with van der Waals surface area (Å²) >= 11 is 0. The topological polar surface area (TPSA) is 82.5 Å². The molecule has 0 atom stereocenters. The highest BCUT2D eigenvalue weighted by Crippen LogP contribution is 2.19. The third-order valence-electron chi connectivity index (χ3n) is 3.77. The minimum atomic E-state index is -0.531. The summed E-state index contributed by atoms with van der Waals surface area (Å²) in [6.07, 6.45) is 0. The van der Waals surface area contributed by atoms with Gasteiger partial charge in [0.15, 0.2) is 5.69 Å². The van der Waals surface area contributed by atoms with Crippen LogP contribution < -0.4 is 10.1 Å². The normalized spacial score (nSPS) is 10.5. The molecule has 0 aliphatic rings. The zero-order valence-corrected chi connectivity index (χ0v) is 14.3. The Morgan fingerprint density at radius 3 is 2.58 bits per heavy atom. The van der Waals surface area contributed by atoms with Crippen molar-refractivity contribution in [1.29, 1.82) is 0 Å². The van der Waals surface area contributed by atoms with Gasteiger partial charge in [-0.1, -0.05) is 36.4 Å². The second kappa shape index (κ2) is 8.15. The molecular formula is C19H19N3O4. The monoisotopic (exact) mass is 353 g/mol. The maximum absolute atomic E-state index is 12.2. The van der Waals surface area contributed by atoms with Crippen LogP contribution in [0.15, 0.2) is 54.6 Å². The maximum Gasteiger partial charge on any atom is 0.359 e. The van der Waals surface area contributed by atoms with Crippen LogP contribution in [-0.2, 0) is 16.1 Å². The highest BCUT2D eigenvalue weighted by molar-refractivity contribution is 6.02. The van der Waals surface area contributed by atoms with E-state index in [1.165, 1.54) is 11.8 Å². The van der Waals surface area contributed by atoms with Gasteiger partial charge in [0.25, 0.3) is 0 Å². The molecule has 0 bridgehead atoms. The fourth-order valence-electron chi connectivity index (χ4n) is 2.56. The van der Waals surface area contributed by atoms with Crippen molar-refractivity contribution < 1.29 is 19.1 Å². The van der Waals surface area contributed by atoms with E-state index in [0.717, 1.165) is 5.75 Å². The Balaban J connectivity index is 1.60. The molecule has 3 rings (SSSR count). The van der Waals surface area contributed by atoms with Crippen molar-refractivity contribution in [2.75, 3.05) is 20.3 Å². The average Bonchev–Trinajstić information content (AvgIpc) is 3.04. The molecule has 7 heteroatoms. The smallest absolute Gasteiger partial charge is 0.359 e. The first kappa shape index (κ1) is 17.5. The third-order valence-corrected chi connectivity index (χ3v) is 3.77. The standard InChI is InChI=1S/C19H19N3O4/c1-25-19(24)18-15-9-5-6-10-16(15)22(21-18)13-17(23)20-11-12-26-14-7-3-2-4-8-14/h2-10H,11-13H2,1H3,(H,20,23). The van der Waals surface area contributed by atoms with E-state index in [-0.39, 0.29) is 18.1 Å². The number of methoxy groups -OCH3 is 1. The second-order valence-electron chi connectivity index (χ2n) is 5.53. The van der Waals surface area contributed by atoms with Gasteiger partial charge < -0.3 is 14.8 Å². The van der Waals surface area contributed by atoms with Gasteiger partial charge in [-0.05, 0) is 18.2 Å². The Bertz CT molecular complexity index is 906. The third kappa shape index (κ3) is 4.00. The first-order chi connectivity index (χ1) is 12.7. The summed E-state index contributed by atoms with van der Waals surface area (Å²) in [5.41, 5.74) is 0.895. The number of carbonyl (C=O) groups excluding carboxylic acids is 2. The molecule has 0 aliphatic carbocycles. The van der Waals surface area contributed by atoms with Crippen LogP contribution in [0, 0.1) is 0 Å². The molecular weight excluding hydrogens is 334 g/mol. The first-order valence-electron chi connectivity index (χ1n) is 8.17. The predicted octanol–water partition coefficient (Wildman–Crippen LogP) is 2.02. The Morgan fingerprint density at radius 1 is 1.08 bits per heavy atom. The summed E-state index contributed by atoms with van der Waals surface area (Å²) < 4.78 is 11.8. The number of nitrogens with zero attached hydrogens (tertiary/aromatic N) is 2. The molecule has 1 aromatic heterocycles. The molecule has 0 unspecified atom stereocenters. The van der Waals surface area contributed by atoms with Crippen molar-refractivity contribution in [3.63, 3.8) is 0 Å². The molecule has 3 aromatic rings. The number of carbonyl (C=O) groups is 2. The van der Waals surface area contributed by atoms with Gasteiger partial charge in [-0.15, -0.1) is 0 Å². The lowest BCUT2D eigenvalue weighted by Gasteiger charge is -2.08. The number of aromatic nitrogens is 2. The SMILES string of the molecule is COC(=O)c1nn(CC(=O)NCCOc2ccccc2)c2ccccc12. The van der Waals surface area contributed by atoms with Crippen LogP contribution in [0.4, 0.5) is 0 Å². The summed E-state index contributed by atoms with van der Waals surface area (Å²) in [4.78, 5) is 24.0. The van der Waals surface area contributed by atoms with Crippen molar-refractivity contribution in [1.82, 2.24) is 15.1 Å². The molecule has 1 heterocycles. The lowest BCUT2D eigenvalue weighted by molar-refractivity contribution is -0.121. The zero-order chi connectivity index (χ0) is 18.4. The van der Waals surface area contributed by atoms with E-state index in [1.807, 2.05) is 42.5 Å². The lowest BCUT2D eigenvalue weighted by Crippen LogP contribution is -2.31. The van der Waals surface area contributed by atoms with Crippen LogP contribution in [0.2, 0.25) is 0 Å². The largest absolute Gasteiger partial charge is 0.492 e. The highest BCUT2D eigenvalue weighted by atomic mass is 16.5. The minimum Gasteiger partial charge on any atom is -0.492 e. The summed E-state index contributed by atoms with van der Waals surface area (Å²) in [5, 5.41) is 7.66. The summed E-state index contributed by atoms with van der Waals surface area (Å²) in [5.74, 6) is 0.00508. The predicted molar refractivity (Wildman–Crippen MR) is 96.0 cm³/mol. The van der Waals surface area contributed by atoms with E-state index in [0.29, 0.717) is 24.1 Å². The van der Waals surface area contributed by atoms with Gasteiger partial charge in [-0.3, -0.25) is 9.48 Å². The summed E-state index contributed by atoms with van der Waals surface area (Å²) in [7, 11) is 1.30. The quantitative estimate of drug-likeness (QED) is 0.519. The van der Waals surface area contributed by atoms with Gasteiger partial charge in [0, 0.05) is 5.39 Å². The van der Waals surface area contributed by atoms with Crippen molar-refractivity contribution in [3.8, 4) is 5.75 Å². The van der Waals surface area contributed by atoms with Gasteiger partial charge in [0.1, 0.15) is 18.9 Å². The number of benzene rings is 2. The number of ether oxygens (including phenoxy) is 2. The van der Waals surface area contributed by atoms with Crippen LogP contribution in [0.3, 0.4) is 0 Å². The molecule has 0 saturated carbocycles. The van der Waals surface area contributed by atoms with Crippen LogP contribution in [0.25, 0.3) is 10.9 Å². The van der Waals surface area contributed by atoms with Crippen molar-refractivity contribution in [2.24, 2.45) is 0 Å². The molecule has 2 aromatic carbocycles. The minimum absolute atomic E-state index is 0.00282. The Labute approximate surface area is 150 Å². The van der Waals surface area contributed by atoms with E-state index in [1.54, 1.807) is 12.1 Å². The Hall–Kier alpha value is -3.35. The van der Waals surface area contributed by atoms with Gasteiger partial charge in [0.05, 0.1) is 19.2 Å². The zero-order valence-electron chi connectivity index (χ0n) is 14.3. The van der Waals surface area contributed by atoms with Crippen molar-refractivity contribution in [2.45, 2.75) is 6.54 Å². The van der Waals surface area contributed by atoms with Crippen LogP contribution in [0.5, 0.6) is 5.75 Å². The molecule has 0 radical (unpaired) electrons. The molecule has 1 N–H and O–H groups in total. The number of hydrogen-bond acceptors (Lipinski definition) is 5. The van der Waals surface area contributed by atoms with E-state index in [9.17, 15) is 9.59 Å². The summed E-state index contributed by atoms with van der Waals surface area (Å²) in [6, 6.07) is 16.6. The molecule has 26 heavy (non-hydrogen) atoms. The number of para-hydroxylation sites is 2. The molecule has 134 valence electrons. The molecule has 0 saturated heterocycles. The van der Waals surface area contributed by atoms with E-state index in [2.05, 4.69) is 10.4 Å². The number of rotatable bonds is 7. The van der Waals surface area contributed by atoms with Gasteiger partial charge in [-0.2, -0.15) is 5.10 Å². The van der Waals surface area contributed by atoms with Gasteiger partial charge >= 0.3 is 5.97 Å². The van der Waals surface area contributed by atoms with Gasteiger partial charge in [0.2, 0.25) is 5.91 Å². The Morgan fingerprint density at radius 2 is 1.81 bits per heavy atom. The molecule has 0 aliphatic heterocycles. The fraction of sp³-hybridized carbons (Fsp3) is 0.211. The fourth-order valence-corrected chi connectivity index (χ4v) is 2.56. The Kier molecular flexibility index (Phi) is 5.48. The van der Waals surface area contributed by atoms with Crippen molar-refractivity contribution in [3.05, 3.63) is 60.3 Å². The molecule has 0 spiro atoms. The highest BCUT2D eigenvalue weighted by Gasteiger charge is 2.18. The lowest BCUT2D eigenvalue weighted by atomic mass is 10.2. The van der Waals surface area contributed by atoms with E-state index in [4.69, 9.17) is 9.47 Å².